The number of amides is 1. The Labute approximate surface area is 129 Å². The molecule has 2 aromatic heterocycles. The minimum absolute atomic E-state index is 0.0299. The minimum Gasteiger partial charge on any atom is -0.351 e. The summed E-state index contributed by atoms with van der Waals surface area (Å²) in [7, 11) is 0. The van der Waals surface area contributed by atoms with Crippen molar-refractivity contribution in [1.29, 1.82) is 0 Å². The molecule has 1 amide bonds. The van der Waals surface area contributed by atoms with Crippen LogP contribution in [0.5, 0.6) is 0 Å². The van der Waals surface area contributed by atoms with E-state index in [9.17, 15) is 4.79 Å². The zero-order valence-corrected chi connectivity index (χ0v) is 13.3. The van der Waals surface area contributed by atoms with Gasteiger partial charge in [-0.1, -0.05) is 13.0 Å². The molecule has 1 aliphatic carbocycles. The van der Waals surface area contributed by atoms with E-state index in [2.05, 4.69) is 41.9 Å². The van der Waals surface area contributed by atoms with Crippen molar-refractivity contribution >= 4 is 23.3 Å². The van der Waals surface area contributed by atoms with Crippen molar-refractivity contribution in [3.8, 4) is 5.00 Å². The molecule has 0 aromatic carbocycles. The maximum absolute atomic E-state index is 12.0. The molecule has 0 aliphatic heterocycles. The Kier molecular flexibility index (Phi) is 3.97. The van der Waals surface area contributed by atoms with Gasteiger partial charge in [-0.3, -0.25) is 4.79 Å². The fourth-order valence-electron chi connectivity index (χ4n) is 2.73. The number of fused-ring (bicyclic) bond motifs is 1. The molecule has 0 bridgehead atoms. The van der Waals surface area contributed by atoms with Gasteiger partial charge in [-0.25, -0.2) is 0 Å². The standard InChI is InChI=1S/C17H20N2OS/c1-3-10-18-17(20)15-8-9-16(21-15)19-12(2)11-13-6-4-5-7-14(13)19/h5,7-9,11H,3-4,6,10H2,1-2H3,(H,18,20). The van der Waals surface area contributed by atoms with Crippen LogP contribution in [-0.2, 0) is 6.42 Å². The minimum atomic E-state index is 0.0299. The molecule has 2 aromatic rings. The summed E-state index contributed by atoms with van der Waals surface area (Å²) < 4.78 is 2.26. The van der Waals surface area contributed by atoms with Gasteiger partial charge in [-0.05, 0) is 56.0 Å². The molecule has 0 fully saturated rings. The molecular weight excluding hydrogens is 280 g/mol. The van der Waals surface area contributed by atoms with Gasteiger partial charge < -0.3 is 9.88 Å². The highest BCUT2D eigenvalue weighted by Gasteiger charge is 2.16. The van der Waals surface area contributed by atoms with Crippen LogP contribution in [0.25, 0.3) is 11.1 Å². The zero-order chi connectivity index (χ0) is 14.8. The van der Waals surface area contributed by atoms with E-state index in [4.69, 9.17) is 0 Å². The Morgan fingerprint density at radius 2 is 2.29 bits per heavy atom. The lowest BCUT2D eigenvalue weighted by Crippen LogP contribution is -2.22. The van der Waals surface area contributed by atoms with Crippen molar-refractivity contribution in [2.45, 2.75) is 33.1 Å². The molecule has 0 saturated carbocycles. The average molecular weight is 300 g/mol. The number of aromatic nitrogens is 1. The predicted molar refractivity (Wildman–Crippen MR) is 88.4 cm³/mol. The second-order valence-electron chi connectivity index (χ2n) is 5.37. The summed E-state index contributed by atoms with van der Waals surface area (Å²) in [6.45, 7) is 4.91. The van der Waals surface area contributed by atoms with Gasteiger partial charge in [-0.15, -0.1) is 11.3 Å². The van der Waals surface area contributed by atoms with Crippen molar-refractivity contribution in [3.05, 3.63) is 46.1 Å². The Morgan fingerprint density at radius 3 is 3.10 bits per heavy atom. The maximum Gasteiger partial charge on any atom is 0.261 e. The van der Waals surface area contributed by atoms with Crippen LogP contribution in [0.2, 0.25) is 0 Å². The summed E-state index contributed by atoms with van der Waals surface area (Å²) in [5, 5.41) is 4.05. The number of carbonyl (C=O) groups excluding carboxylic acids is 1. The topological polar surface area (TPSA) is 34.0 Å². The molecule has 0 atom stereocenters. The van der Waals surface area contributed by atoms with Crippen LogP contribution in [0.15, 0.2) is 24.3 Å². The summed E-state index contributed by atoms with van der Waals surface area (Å²) in [5.74, 6) is 0.0299. The number of rotatable bonds is 4. The molecule has 0 radical (unpaired) electrons. The van der Waals surface area contributed by atoms with Crippen LogP contribution in [0, 0.1) is 6.92 Å². The van der Waals surface area contributed by atoms with Gasteiger partial charge in [-0.2, -0.15) is 0 Å². The van der Waals surface area contributed by atoms with Crippen molar-refractivity contribution in [3.63, 3.8) is 0 Å². The monoisotopic (exact) mass is 300 g/mol. The highest BCUT2D eigenvalue weighted by molar-refractivity contribution is 7.16. The molecule has 3 nitrogen and oxygen atoms in total. The third-order valence-electron chi connectivity index (χ3n) is 3.73. The second kappa shape index (κ2) is 5.90. The number of carbonyl (C=O) groups is 1. The number of nitrogens with zero attached hydrogens (tertiary/aromatic N) is 1. The smallest absolute Gasteiger partial charge is 0.261 e. The van der Waals surface area contributed by atoms with Gasteiger partial charge in [0.1, 0.15) is 5.00 Å². The molecule has 0 unspecified atom stereocenters. The molecular formula is C17H20N2OS. The lowest BCUT2D eigenvalue weighted by atomic mass is 10.0. The Hall–Kier alpha value is -1.81. The lowest BCUT2D eigenvalue weighted by Gasteiger charge is -2.10. The zero-order valence-electron chi connectivity index (χ0n) is 12.5. The van der Waals surface area contributed by atoms with Gasteiger partial charge in [0.15, 0.2) is 0 Å². The SMILES string of the molecule is CCCNC(=O)c1ccc(-n2c(C)cc3c2C=CCC3)s1. The fraction of sp³-hybridized carbons (Fsp3) is 0.353. The quantitative estimate of drug-likeness (QED) is 0.911. The van der Waals surface area contributed by atoms with Gasteiger partial charge in [0.25, 0.3) is 5.91 Å². The van der Waals surface area contributed by atoms with Crippen molar-refractivity contribution in [1.82, 2.24) is 9.88 Å². The van der Waals surface area contributed by atoms with Crippen LogP contribution in [0.4, 0.5) is 0 Å². The van der Waals surface area contributed by atoms with E-state index in [0.717, 1.165) is 35.7 Å². The Bertz CT molecular complexity index is 694. The Morgan fingerprint density at radius 1 is 1.43 bits per heavy atom. The summed E-state index contributed by atoms with van der Waals surface area (Å²) in [6, 6.07) is 6.22. The average Bonchev–Trinajstić information content (AvgIpc) is 3.07. The van der Waals surface area contributed by atoms with E-state index in [-0.39, 0.29) is 5.91 Å². The lowest BCUT2D eigenvalue weighted by molar-refractivity contribution is 0.0957. The summed E-state index contributed by atoms with van der Waals surface area (Å²) in [4.78, 5) is 12.8. The normalized spacial score (nSPS) is 13.2. The van der Waals surface area contributed by atoms with Gasteiger partial charge in [0, 0.05) is 17.9 Å². The Balaban J connectivity index is 1.92. The fourth-order valence-corrected chi connectivity index (χ4v) is 3.72. The van der Waals surface area contributed by atoms with E-state index in [0.29, 0.717) is 0 Å². The number of nitrogens with one attached hydrogen (secondary N) is 1. The molecule has 1 N–H and O–H groups in total. The van der Waals surface area contributed by atoms with Gasteiger partial charge >= 0.3 is 0 Å². The van der Waals surface area contributed by atoms with E-state index >= 15 is 0 Å². The van der Waals surface area contributed by atoms with Crippen molar-refractivity contribution in [2.24, 2.45) is 0 Å². The summed E-state index contributed by atoms with van der Waals surface area (Å²) >= 11 is 1.55. The van der Waals surface area contributed by atoms with Crippen LogP contribution in [-0.4, -0.2) is 17.0 Å². The first kappa shape index (κ1) is 14.1. The van der Waals surface area contributed by atoms with Crippen LogP contribution >= 0.6 is 11.3 Å². The summed E-state index contributed by atoms with van der Waals surface area (Å²) in [6.07, 6.45) is 7.60. The van der Waals surface area contributed by atoms with Crippen LogP contribution in [0.1, 0.15) is 46.4 Å². The summed E-state index contributed by atoms with van der Waals surface area (Å²) in [5.41, 5.74) is 3.90. The molecule has 0 spiro atoms. The number of allylic oxidation sites excluding steroid dienone is 1. The first-order valence-electron chi connectivity index (χ1n) is 7.47. The molecule has 1 aliphatic rings. The van der Waals surface area contributed by atoms with E-state index < -0.39 is 0 Å². The number of aryl methyl sites for hydroxylation is 2. The maximum atomic E-state index is 12.0. The molecule has 0 saturated heterocycles. The van der Waals surface area contributed by atoms with Gasteiger partial charge in [0.05, 0.1) is 4.88 Å². The first-order chi connectivity index (χ1) is 10.2. The van der Waals surface area contributed by atoms with Crippen LogP contribution in [0.3, 0.4) is 0 Å². The molecule has 21 heavy (non-hydrogen) atoms. The molecule has 4 heteroatoms. The molecule has 110 valence electrons. The third kappa shape index (κ3) is 2.68. The number of hydrogen-bond donors (Lipinski definition) is 1. The highest BCUT2D eigenvalue weighted by atomic mass is 32.1. The van der Waals surface area contributed by atoms with E-state index in [1.165, 1.54) is 17.0 Å². The second-order valence-corrected chi connectivity index (χ2v) is 6.43. The van der Waals surface area contributed by atoms with Crippen molar-refractivity contribution < 1.29 is 4.79 Å². The van der Waals surface area contributed by atoms with Crippen LogP contribution < -0.4 is 5.32 Å². The number of thiophene rings is 1. The predicted octanol–water partition coefficient (Wildman–Crippen LogP) is 3.95. The third-order valence-corrected chi connectivity index (χ3v) is 4.80. The first-order valence-corrected chi connectivity index (χ1v) is 8.28. The van der Waals surface area contributed by atoms with E-state index in [1.54, 1.807) is 11.3 Å². The largest absolute Gasteiger partial charge is 0.351 e. The van der Waals surface area contributed by atoms with Gasteiger partial charge in [0.2, 0.25) is 0 Å². The molecule has 2 heterocycles. The molecule has 3 rings (SSSR count). The number of hydrogen-bond acceptors (Lipinski definition) is 2. The van der Waals surface area contributed by atoms with E-state index in [1.807, 2.05) is 12.1 Å². The van der Waals surface area contributed by atoms with Crippen molar-refractivity contribution in [2.75, 3.05) is 6.54 Å². The highest BCUT2D eigenvalue weighted by Crippen LogP contribution is 2.30.